The Morgan fingerprint density at radius 2 is 1.74 bits per heavy atom. The number of hydrogen-bond acceptors (Lipinski definition) is 2. The molecule has 1 rings (SSSR count). The maximum Gasteiger partial charge on any atom is 0.239 e. The van der Waals surface area contributed by atoms with Gasteiger partial charge in [0.15, 0.2) is 0 Å². The van der Waals surface area contributed by atoms with E-state index in [-0.39, 0.29) is 11.9 Å². The van der Waals surface area contributed by atoms with E-state index in [0.29, 0.717) is 10.7 Å². The van der Waals surface area contributed by atoms with Crippen molar-refractivity contribution in [1.82, 2.24) is 5.32 Å². The van der Waals surface area contributed by atoms with Crippen molar-refractivity contribution in [3.63, 3.8) is 0 Å². The average molecular weight is 283 g/mol. The number of para-hydroxylation sites is 1. The second-order valence-electron chi connectivity index (χ2n) is 5.19. The van der Waals surface area contributed by atoms with Crippen LogP contribution in [0.2, 0.25) is 5.02 Å². The van der Waals surface area contributed by atoms with Gasteiger partial charge in [0.1, 0.15) is 5.41 Å². The van der Waals surface area contributed by atoms with Crippen LogP contribution in [0.4, 0.5) is 5.69 Å². The summed E-state index contributed by atoms with van der Waals surface area (Å²) in [6.45, 7) is 6.85. The molecule has 4 nitrogen and oxygen atoms in total. The summed E-state index contributed by atoms with van der Waals surface area (Å²) in [6, 6.07) is 6.90. The molecule has 1 aromatic carbocycles. The third kappa shape index (κ3) is 3.96. The summed E-state index contributed by atoms with van der Waals surface area (Å²) in [5.41, 5.74) is -0.664. The Morgan fingerprint density at radius 1 is 1.16 bits per heavy atom. The van der Waals surface area contributed by atoms with Crippen molar-refractivity contribution < 1.29 is 9.59 Å². The lowest BCUT2D eigenvalue weighted by Crippen LogP contribution is -2.47. The highest BCUT2D eigenvalue weighted by Gasteiger charge is 2.36. The minimum atomic E-state index is -1.16. The van der Waals surface area contributed by atoms with E-state index in [0.717, 1.165) is 0 Å². The Hall–Kier alpha value is -1.55. The van der Waals surface area contributed by atoms with E-state index in [9.17, 15) is 9.59 Å². The highest BCUT2D eigenvalue weighted by molar-refractivity contribution is 6.33. The number of rotatable bonds is 4. The summed E-state index contributed by atoms with van der Waals surface area (Å²) in [6.07, 6.45) is 0. The van der Waals surface area contributed by atoms with Crippen molar-refractivity contribution >= 4 is 29.1 Å². The lowest BCUT2D eigenvalue weighted by molar-refractivity contribution is -0.138. The van der Waals surface area contributed by atoms with Gasteiger partial charge in [0.2, 0.25) is 11.8 Å². The summed E-state index contributed by atoms with van der Waals surface area (Å²) in [7, 11) is 0. The fraction of sp³-hybridized carbons (Fsp3) is 0.429. The molecule has 0 atom stereocenters. The minimum Gasteiger partial charge on any atom is -0.353 e. The molecule has 0 heterocycles. The molecule has 104 valence electrons. The Kier molecular flexibility index (Phi) is 4.95. The predicted octanol–water partition coefficient (Wildman–Crippen LogP) is 2.83. The zero-order valence-electron chi connectivity index (χ0n) is 11.6. The van der Waals surface area contributed by atoms with Gasteiger partial charge >= 0.3 is 0 Å². The van der Waals surface area contributed by atoms with Gasteiger partial charge in [-0.25, -0.2) is 0 Å². The van der Waals surface area contributed by atoms with Crippen LogP contribution in [0.1, 0.15) is 27.7 Å². The van der Waals surface area contributed by atoms with Gasteiger partial charge in [-0.15, -0.1) is 0 Å². The third-order valence-electron chi connectivity index (χ3n) is 2.68. The molecule has 19 heavy (non-hydrogen) atoms. The molecule has 2 amide bonds. The molecule has 0 saturated carbocycles. The molecule has 0 spiro atoms. The average Bonchev–Trinajstić information content (AvgIpc) is 2.31. The van der Waals surface area contributed by atoms with Crippen LogP contribution in [-0.4, -0.2) is 17.9 Å². The van der Waals surface area contributed by atoms with Gasteiger partial charge in [0, 0.05) is 6.04 Å². The van der Waals surface area contributed by atoms with Crippen LogP contribution >= 0.6 is 11.6 Å². The van der Waals surface area contributed by atoms with Gasteiger partial charge in [-0.3, -0.25) is 9.59 Å². The molecule has 2 N–H and O–H groups in total. The smallest absolute Gasteiger partial charge is 0.239 e. The zero-order valence-corrected chi connectivity index (χ0v) is 12.3. The fourth-order valence-corrected chi connectivity index (χ4v) is 1.57. The highest BCUT2D eigenvalue weighted by Crippen LogP contribution is 2.24. The molecular weight excluding hydrogens is 264 g/mol. The minimum absolute atomic E-state index is 0.0140. The molecule has 0 bridgehead atoms. The van der Waals surface area contributed by atoms with Gasteiger partial charge in [-0.05, 0) is 39.8 Å². The number of benzene rings is 1. The summed E-state index contributed by atoms with van der Waals surface area (Å²) in [5, 5.41) is 5.85. The Balaban J connectivity index is 2.82. The van der Waals surface area contributed by atoms with Gasteiger partial charge in [0.25, 0.3) is 0 Å². The van der Waals surface area contributed by atoms with Crippen LogP contribution in [0.15, 0.2) is 24.3 Å². The highest BCUT2D eigenvalue weighted by atomic mass is 35.5. The topological polar surface area (TPSA) is 58.2 Å². The van der Waals surface area contributed by atoms with Crippen LogP contribution in [0.5, 0.6) is 0 Å². The molecule has 5 heteroatoms. The number of amides is 2. The molecule has 0 fully saturated rings. The Morgan fingerprint density at radius 3 is 2.26 bits per heavy atom. The van der Waals surface area contributed by atoms with E-state index in [4.69, 9.17) is 11.6 Å². The number of anilines is 1. The summed E-state index contributed by atoms with van der Waals surface area (Å²) < 4.78 is 0. The zero-order chi connectivity index (χ0) is 14.6. The van der Waals surface area contributed by atoms with Crippen molar-refractivity contribution in [2.24, 2.45) is 5.41 Å². The molecular formula is C14H19ClN2O2. The van der Waals surface area contributed by atoms with Crippen LogP contribution in [-0.2, 0) is 9.59 Å². The number of carbonyl (C=O) groups excluding carboxylic acids is 2. The second kappa shape index (κ2) is 6.06. The van der Waals surface area contributed by atoms with E-state index in [1.807, 2.05) is 13.8 Å². The lowest BCUT2D eigenvalue weighted by Gasteiger charge is -2.24. The van der Waals surface area contributed by atoms with E-state index < -0.39 is 11.3 Å². The standard InChI is InChI=1S/C14H19ClN2O2/c1-9(2)16-12(18)14(3,4)13(19)17-11-8-6-5-7-10(11)15/h5-9H,1-4H3,(H,16,18)(H,17,19). The Bertz CT molecular complexity index is 484. The first kappa shape index (κ1) is 15.5. The number of nitrogens with one attached hydrogen (secondary N) is 2. The van der Waals surface area contributed by atoms with Crippen molar-refractivity contribution in [2.45, 2.75) is 33.7 Å². The maximum atomic E-state index is 12.2. The monoisotopic (exact) mass is 282 g/mol. The third-order valence-corrected chi connectivity index (χ3v) is 3.01. The molecule has 0 aliphatic carbocycles. The van der Waals surface area contributed by atoms with Crippen molar-refractivity contribution in [1.29, 1.82) is 0 Å². The van der Waals surface area contributed by atoms with E-state index in [2.05, 4.69) is 10.6 Å². The largest absolute Gasteiger partial charge is 0.353 e. The van der Waals surface area contributed by atoms with Crippen LogP contribution in [0.25, 0.3) is 0 Å². The summed E-state index contributed by atoms with van der Waals surface area (Å²) >= 11 is 5.97. The van der Waals surface area contributed by atoms with Crippen molar-refractivity contribution in [3.05, 3.63) is 29.3 Å². The number of carbonyl (C=O) groups is 2. The molecule has 0 aliphatic heterocycles. The summed E-state index contributed by atoms with van der Waals surface area (Å²) in [5.74, 6) is -0.703. The SMILES string of the molecule is CC(C)NC(=O)C(C)(C)C(=O)Nc1ccccc1Cl. The molecule has 0 unspecified atom stereocenters. The van der Waals surface area contributed by atoms with Crippen molar-refractivity contribution in [2.75, 3.05) is 5.32 Å². The second-order valence-corrected chi connectivity index (χ2v) is 5.59. The number of halogens is 1. The first-order valence-electron chi connectivity index (χ1n) is 6.12. The van der Waals surface area contributed by atoms with Gasteiger partial charge < -0.3 is 10.6 Å². The molecule has 0 aromatic heterocycles. The first-order chi connectivity index (χ1) is 8.75. The molecule has 0 aliphatic rings. The normalized spacial score (nSPS) is 11.3. The van der Waals surface area contributed by atoms with Crippen LogP contribution < -0.4 is 10.6 Å². The quantitative estimate of drug-likeness (QED) is 0.834. The van der Waals surface area contributed by atoms with Crippen LogP contribution in [0, 0.1) is 5.41 Å². The molecule has 1 aromatic rings. The van der Waals surface area contributed by atoms with Crippen molar-refractivity contribution in [3.8, 4) is 0 Å². The molecule has 0 saturated heterocycles. The van der Waals surface area contributed by atoms with E-state index >= 15 is 0 Å². The predicted molar refractivity (Wildman–Crippen MR) is 77.1 cm³/mol. The number of hydrogen-bond donors (Lipinski definition) is 2. The maximum absolute atomic E-state index is 12.2. The van der Waals surface area contributed by atoms with E-state index in [1.54, 1.807) is 38.1 Å². The van der Waals surface area contributed by atoms with Gasteiger partial charge in [0.05, 0.1) is 10.7 Å². The van der Waals surface area contributed by atoms with Gasteiger partial charge in [-0.2, -0.15) is 0 Å². The molecule has 0 radical (unpaired) electrons. The van der Waals surface area contributed by atoms with E-state index in [1.165, 1.54) is 0 Å². The fourth-order valence-electron chi connectivity index (χ4n) is 1.39. The first-order valence-corrected chi connectivity index (χ1v) is 6.50. The van der Waals surface area contributed by atoms with Crippen LogP contribution in [0.3, 0.4) is 0 Å². The summed E-state index contributed by atoms with van der Waals surface area (Å²) in [4.78, 5) is 24.2. The Labute approximate surface area is 118 Å². The lowest BCUT2D eigenvalue weighted by atomic mass is 9.90. The van der Waals surface area contributed by atoms with Gasteiger partial charge in [-0.1, -0.05) is 23.7 Å².